The molecule has 92 valence electrons. The van der Waals surface area contributed by atoms with Crippen LogP contribution in [0, 0.1) is 11.6 Å². The van der Waals surface area contributed by atoms with Crippen LogP contribution in [-0.2, 0) is 5.41 Å². The minimum absolute atomic E-state index is 0.0475. The highest BCUT2D eigenvalue weighted by Crippen LogP contribution is 2.48. The average Bonchev–Trinajstić information content (AvgIpc) is 2.43. The Morgan fingerprint density at radius 3 is 2.82 bits per heavy atom. The first kappa shape index (κ1) is 11.0. The summed E-state index contributed by atoms with van der Waals surface area (Å²) in [5, 5.41) is 0. The Bertz CT molecular complexity index is 458. The summed E-state index contributed by atoms with van der Waals surface area (Å²) in [5.41, 5.74) is 0.191. The second kappa shape index (κ2) is 3.69. The van der Waals surface area contributed by atoms with Gasteiger partial charge in [0.2, 0.25) is 0 Å². The Hall–Kier alpha value is -1.12. The first-order chi connectivity index (χ1) is 8.10. The molecule has 0 aromatic heterocycles. The van der Waals surface area contributed by atoms with Gasteiger partial charge >= 0.3 is 0 Å². The molecule has 1 fully saturated rings. The van der Waals surface area contributed by atoms with Crippen LogP contribution in [0.25, 0.3) is 0 Å². The van der Waals surface area contributed by atoms with Gasteiger partial charge < -0.3 is 4.74 Å². The van der Waals surface area contributed by atoms with E-state index in [1.807, 2.05) is 6.92 Å². The molecule has 1 heterocycles. The van der Waals surface area contributed by atoms with Crippen LogP contribution < -0.4 is 4.74 Å². The fraction of sp³-hybridized carbons (Fsp3) is 0.571. The SMILES string of the molecule is C[C@@]12CCCC[C@@H](C1)Oc1c(F)ccc(F)c12. The number of benzene rings is 1. The molecule has 0 unspecified atom stereocenters. The van der Waals surface area contributed by atoms with E-state index in [9.17, 15) is 8.78 Å². The zero-order valence-corrected chi connectivity index (χ0v) is 9.93. The zero-order chi connectivity index (χ0) is 12.0. The molecule has 3 heteroatoms. The predicted octanol–water partition coefficient (Wildman–Crippen LogP) is 3.95. The lowest BCUT2D eigenvalue weighted by atomic mass is 9.73. The van der Waals surface area contributed by atoms with Crippen molar-refractivity contribution in [3.8, 4) is 5.75 Å². The van der Waals surface area contributed by atoms with Crippen LogP contribution in [0.5, 0.6) is 5.75 Å². The maximum atomic E-state index is 14.0. The summed E-state index contributed by atoms with van der Waals surface area (Å²) in [5.74, 6) is -0.603. The number of fused-ring (bicyclic) bond motifs is 4. The third-order valence-corrected chi connectivity index (χ3v) is 4.13. The predicted molar refractivity (Wildman–Crippen MR) is 61.2 cm³/mol. The molecule has 1 aromatic rings. The lowest BCUT2D eigenvalue weighted by molar-refractivity contribution is 0.120. The number of halogens is 2. The lowest BCUT2D eigenvalue weighted by Crippen LogP contribution is -2.36. The normalized spacial score (nSPS) is 31.4. The Balaban J connectivity index is 2.20. The summed E-state index contributed by atoms with van der Waals surface area (Å²) in [4.78, 5) is 0. The molecule has 17 heavy (non-hydrogen) atoms. The van der Waals surface area contributed by atoms with Crippen molar-refractivity contribution >= 4 is 0 Å². The van der Waals surface area contributed by atoms with Gasteiger partial charge in [0.05, 0.1) is 6.10 Å². The molecule has 0 radical (unpaired) electrons. The van der Waals surface area contributed by atoms with Crippen LogP contribution >= 0.6 is 0 Å². The zero-order valence-electron chi connectivity index (χ0n) is 9.93. The molecule has 2 aliphatic rings. The minimum Gasteiger partial charge on any atom is -0.487 e. The van der Waals surface area contributed by atoms with Gasteiger partial charge in [-0.05, 0) is 37.8 Å². The fourth-order valence-electron chi connectivity index (χ4n) is 3.30. The van der Waals surface area contributed by atoms with E-state index in [4.69, 9.17) is 4.74 Å². The molecule has 1 aromatic carbocycles. The monoisotopic (exact) mass is 238 g/mol. The van der Waals surface area contributed by atoms with E-state index in [0.29, 0.717) is 5.56 Å². The largest absolute Gasteiger partial charge is 0.487 e. The molecule has 1 aliphatic heterocycles. The molecule has 0 amide bonds. The van der Waals surface area contributed by atoms with Crippen molar-refractivity contribution in [2.75, 3.05) is 0 Å². The molecule has 1 aliphatic carbocycles. The van der Waals surface area contributed by atoms with E-state index >= 15 is 0 Å². The molecule has 0 spiro atoms. The van der Waals surface area contributed by atoms with Gasteiger partial charge in [-0.1, -0.05) is 13.3 Å². The van der Waals surface area contributed by atoms with Crippen LogP contribution in [0.3, 0.4) is 0 Å². The summed E-state index contributed by atoms with van der Waals surface area (Å²) in [6, 6.07) is 2.38. The smallest absolute Gasteiger partial charge is 0.165 e. The maximum Gasteiger partial charge on any atom is 0.165 e. The highest BCUT2D eigenvalue weighted by Gasteiger charge is 2.42. The second-order valence-corrected chi connectivity index (χ2v) is 5.48. The van der Waals surface area contributed by atoms with E-state index < -0.39 is 5.82 Å². The van der Waals surface area contributed by atoms with Crippen molar-refractivity contribution < 1.29 is 13.5 Å². The standard InChI is InChI=1S/C14H16F2O/c1-14-7-3-2-4-9(8-14)17-13-11(16)6-5-10(15)12(13)14/h5-6,9H,2-4,7-8H2,1H3/t9-,14+/m0/s1. The Morgan fingerprint density at radius 2 is 2.00 bits per heavy atom. The summed E-state index contributed by atoms with van der Waals surface area (Å²) in [7, 11) is 0. The van der Waals surface area contributed by atoms with E-state index in [2.05, 4.69) is 0 Å². The van der Waals surface area contributed by atoms with Gasteiger partial charge in [0, 0.05) is 11.0 Å². The first-order valence-electron chi connectivity index (χ1n) is 6.25. The fourth-order valence-corrected chi connectivity index (χ4v) is 3.30. The van der Waals surface area contributed by atoms with E-state index in [0.717, 1.165) is 38.2 Å². The van der Waals surface area contributed by atoms with Crippen LogP contribution in [0.4, 0.5) is 8.78 Å². The third-order valence-electron chi connectivity index (χ3n) is 4.13. The molecule has 1 saturated carbocycles. The van der Waals surface area contributed by atoms with Crippen LogP contribution in [0.15, 0.2) is 12.1 Å². The van der Waals surface area contributed by atoms with Crippen molar-refractivity contribution in [2.45, 2.75) is 50.5 Å². The number of hydrogen-bond donors (Lipinski definition) is 0. The van der Waals surface area contributed by atoms with E-state index in [1.54, 1.807) is 0 Å². The van der Waals surface area contributed by atoms with Gasteiger partial charge in [-0.3, -0.25) is 0 Å². The van der Waals surface area contributed by atoms with Gasteiger partial charge in [0.25, 0.3) is 0 Å². The average molecular weight is 238 g/mol. The van der Waals surface area contributed by atoms with Gasteiger partial charge in [-0.2, -0.15) is 0 Å². The second-order valence-electron chi connectivity index (χ2n) is 5.48. The molecule has 1 nitrogen and oxygen atoms in total. The first-order valence-corrected chi connectivity index (χ1v) is 6.25. The summed E-state index contributed by atoms with van der Waals surface area (Å²) < 4.78 is 33.4. The summed E-state index contributed by atoms with van der Waals surface area (Å²) in [6.45, 7) is 2.04. The van der Waals surface area contributed by atoms with E-state index in [-0.39, 0.29) is 23.1 Å². The van der Waals surface area contributed by atoms with E-state index in [1.165, 1.54) is 6.07 Å². The Kier molecular flexibility index (Phi) is 2.39. The molecule has 2 bridgehead atoms. The van der Waals surface area contributed by atoms with Crippen molar-refractivity contribution in [3.63, 3.8) is 0 Å². The van der Waals surface area contributed by atoms with Gasteiger partial charge in [-0.15, -0.1) is 0 Å². The molecular formula is C14H16F2O. The van der Waals surface area contributed by atoms with Crippen LogP contribution in [0.1, 0.15) is 44.6 Å². The summed E-state index contributed by atoms with van der Waals surface area (Å²) >= 11 is 0. The highest BCUT2D eigenvalue weighted by atomic mass is 19.1. The third kappa shape index (κ3) is 1.63. The Labute approximate surface area is 99.8 Å². The van der Waals surface area contributed by atoms with Crippen molar-refractivity contribution in [2.24, 2.45) is 0 Å². The molecule has 2 atom stereocenters. The maximum absolute atomic E-state index is 14.0. The molecular weight excluding hydrogens is 222 g/mol. The van der Waals surface area contributed by atoms with Gasteiger partial charge in [-0.25, -0.2) is 8.78 Å². The Morgan fingerprint density at radius 1 is 1.24 bits per heavy atom. The van der Waals surface area contributed by atoms with Crippen LogP contribution in [-0.4, -0.2) is 6.10 Å². The molecule has 3 rings (SSSR count). The minimum atomic E-state index is -0.431. The lowest BCUT2D eigenvalue weighted by Gasteiger charge is -2.38. The van der Waals surface area contributed by atoms with Crippen molar-refractivity contribution in [1.29, 1.82) is 0 Å². The van der Waals surface area contributed by atoms with Crippen LogP contribution in [0.2, 0.25) is 0 Å². The van der Waals surface area contributed by atoms with Crippen molar-refractivity contribution in [3.05, 3.63) is 29.3 Å². The highest BCUT2D eigenvalue weighted by molar-refractivity contribution is 5.44. The van der Waals surface area contributed by atoms with Gasteiger partial charge in [0.1, 0.15) is 5.82 Å². The quantitative estimate of drug-likeness (QED) is 0.665. The number of rotatable bonds is 0. The number of hydrogen-bond acceptors (Lipinski definition) is 1. The van der Waals surface area contributed by atoms with Crippen molar-refractivity contribution in [1.82, 2.24) is 0 Å². The van der Waals surface area contributed by atoms with Gasteiger partial charge in [0.15, 0.2) is 11.6 Å². The molecule has 0 N–H and O–H groups in total. The molecule has 0 saturated heterocycles. The number of ether oxygens (including phenoxy) is 1. The summed E-state index contributed by atoms with van der Waals surface area (Å²) in [6.07, 6.45) is 4.86. The topological polar surface area (TPSA) is 9.23 Å².